The van der Waals surface area contributed by atoms with Crippen molar-refractivity contribution in [2.75, 3.05) is 27.4 Å². The van der Waals surface area contributed by atoms with E-state index in [1.807, 2.05) is 7.11 Å². The van der Waals surface area contributed by atoms with Crippen molar-refractivity contribution < 1.29 is 9.47 Å². The van der Waals surface area contributed by atoms with Crippen molar-refractivity contribution in [2.45, 2.75) is 64.0 Å². The Balaban J connectivity index is 2.72. The van der Waals surface area contributed by atoms with Gasteiger partial charge in [-0.3, -0.25) is 0 Å². The van der Waals surface area contributed by atoms with Gasteiger partial charge in [-0.1, -0.05) is 33.1 Å². The van der Waals surface area contributed by atoms with Gasteiger partial charge in [-0.15, -0.1) is 0 Å². The van der Waals surface area contributed by atoms with Crippen molar-refractivity contribution in [1.82, 2.24) is 5.32 Å². The van der Waals surface area contributed by atoms with Crippen molar-refractivity contribution in [3.63, 3.8) is 0 Å². The number of hydrogen-bond acceptors (Lipinski definition) is 3. The number of ether oxygens (including phenoxy) is 2. The van der Waals surface area contributed by atoms with E-state index in [0.29, 0.717) is 12.0 Å². The summed E-state index contributed by atoms with van der Waals surface area (Å²) in [5.41, 5.74) is 0.0431. The normalized spacial score (nSPS) is 22.7. The Morgan fingerprint density at radius 1 is 1.17 bits per heavy atom. The van der Waals surface area contributed by atoms with E-state index in [0.717, 1.165) is 19.6 Å². The quantitative estimate of drug-likeness (QED) is 0.725. The summed E-state index contributed by atoms with van der Waals surface area (Å²) in [6, 6.07) is 0.447. The largest absolute Gasteiger partial charge is 0.385 e. The molecule has 2 unspecified atom stereocenters. The third-order valence-electron chi connectivity index (χ3n) is 4.44. The van der Waals surface area contributed by atoms with Gasteiger partial charge in [-0.05, 0) is 31.7 Å². The van der Waals surface area contributed by atoms with Gasteiger partial charge in [0.05, 0.1) is 5.60 Å². The van der Waals surface area contributed by atoms with Crippen LogP contribution in [-0.2, 0) is 9.47 Å². The number of nitrogens with one attached hydrogen (secondary N) is 1. The molecule has 0 aromatic carbocycles. The van der Waals surface area contributed by atoms with Crippen molar-refractivity contribution in [3.8, 4) is 0 Å². The zero-order valence-corrected chi connectivity index (χ0v) is 12.6. The second-order valence-electron chi connectivity index (χ2n) is 5.62. The number of hydrogen-bond donors (Lipinski definition) is 1. The first-order valence-electron chi connectivity index (χ1n) is 7.47. The van der Waals surface area contributed by atoms with E-state index >= 15 is 0 Å². The van der Waals surface area contributed by atoms with Crippen LogP contribution in [0.25, 0.3) is 0 Å². The van der Waals surface area contributed by atoms with E-state index in [9.17, 15) is 0 Å². The first-order valence-corrected chi connectivity index (χ1v) is 7.47. The molecule has 1 fully saturated rings. The van der Waals surface area contributed by atoms with Gasteiger partial charge in [0.15, 0.2) is 0 Å². The molecule has 1 aliphatic carbocycles. The smallest absolute Gasteiger partial charge is 0.0833 e. The molecule has 0 bridgehead atoms. The zero-order valence-electron chi connectivity index (χ0n) is 12.6. The first-order chi connectivity index (χ1) is 8.70. The summed E-state index contributed by atoms with van der Waals surface area (Å²) in [7, 11) is 3.67. The lowest BCUT2D eigenvalue weighted by Gasteiger charge is -2.45. The van der Waals surface area contributed by atoms with E-state index in [-0.39, 0.29) is 5.60 Å². The fourth-order valence-corrected chi connectivity index (χ4v) is 3.39. The molecule has 0 aromatic rings. The Morgan fingerprint density at radius 2 is 1.83 bits per heavy atom. The van der Waals surface area contributed by atoms with Crippen LogP contribution >= 0.6 is 0 Å². The van der Waals surface area contributed by atoms with E-state index in [4.69, 9.17) is 9.47 Å². The van der Waals surface area contributed by atoms with Crippen LogP contribution in [0.1, 0.15) is 52.4 Å². The molecular weight excluding hydrogens is 226 g/mol. The zero-order chi connectivity index (χ0) is 13.4. The maximum atomic E-state index is 5.99. The van der Waals surface area contributed by atoms with E-state index in [2.05, 4.69) is 19.2 Å². The summed E-state index contributed by atoms with van der Waals surface area (Å²) in [6.45, 7) is 6.35. The Bertz CT molecular complexity index is 215. The summed E-state index contributed by atoms with van der Waals surface area (Å²) in [5, 5.41) is 3.67. The van der Waals surface area contributed by atoms with E-state index in [1.54, 1.807) is 7.11 Å². The molecule has 108 valence electrons. The highest BCUT2D eigenvalue weighted by molar-refractivity contribution is 4.97. The van der Waals surface area contributed by atoms with E-state index in [1.165, 1.54) is 32.1 Å². The second-order valence-corrected chi connectivity index (χ2v) is 5.62. The SMILES string of the molecule is CCNC(C(C)CCOC)C1(OC)CCCCC1. The molecule has 0 aliphatic heterocycles. The highest BCUT2D eigenvalue weighted by Gasteiger charge is 2.41. The summed E-state index contributed by atoms with van der Waals surface area (Å²) < 4.78 is 11.2. The summed E-state index contributed by atoms with van der Waals surface area (Å²) in [4.78, 5) is 0. The predicted octanol–water partition coefficient (Wildman–Crippen LogP) is 2.99. The minimum atomic E-state index is 0.0431. The molecule has 0 amide bonds. The standard InChI is InChI=1S/C15H31NO2/c1-5-16-14(13(2)9-12-17-3)15(18-4)10-7-6-8-11-15/h13-14,16H,5-12H2,1-4H3. The summed E-state index contributed by atoms with van der Waals surface area (Å²) in [6.07, 6.45) is 7.44. The van der Waals surface area contributed by atoms with Crippen LogP contribution in [0.2, 0.25) is 0 Å². The molecule has 1 N–H and O–H groups in total. The van der Waals surface area contributed by atoms with Crippen molar-refractivity contribution in [3.05, 3.63) is 0 Å². The maximum Gasteiger partial charge on any atom is 0.0833 e. The molecule has 0 aromatic heterocycles. The molecule has 0 radical (unpaired) electrons. The topological polar surface area (TPSA) is 30.5 Å². The molecular formula is C15H31NO2. The Labute approximate surface area is 113 Å². The highest BCUT2D eigenvalue weighted by atomic mass is 16.5. The lowest BCUT2D eigenvalue weighted by Crippen LogP contribution is -2.56. The Morgan fingerprint density at radius 3 is 2.33 bits per heavy atom. The lowest BCUT2D eigenvalue weighted by molar-refractivity contribution is -0.0816. The van der Waals surface area contributed by atoms with Gasteiger partial charge in [0.25, 0.3) is 0 Å². The van der Waals surface area contributed by atoms with Gasteiger partial charge in [-0.2, -0.15) is 0 Å². The Hall–Kier alpha value is -0.120. The minimum absolute atomic E-state index is 0.0431. The van der Waals surface area contributed by atoms with Crippen LogP contribution in [0.4, 0.5) is 0 Å². The van der Waals surface area contributed by atoms with Crippen LogP contribution in [-0.4, -0.2) is 39.0 Å². The van der Waals surface area contributed by atoms with Gasteiger partial charge in [-0.25, -0.2) is 0 Å². The summed E-state index contributed by atoms with van der Waals surface area (Å²) >= 11 is 0. The fourth-order valence-electron chi connectivity index (χ4n) is 3.39. The molecule has 3 heteroatoms. The van der Waals surface area contributed by atoms with Crippen molar-refractivity contribution >= 4 is 0 Å². The number of rotatable bonds is 8. The Kier molecular flexibility index (Phi) is 7.20. The predicted molar refractivity (Wildman–Crippen MR) is 75.9 cm³/mol. The average Bonchev–Trinajstić information content (AvgIpc) is 2.43. The van der Waals surface area contributed by atoms with Crippen molar-refractivity contribution in [2.24, 2.45) is 5.92 Å². The summed E-state index contributed by atoms with van der Waals surface area (Å²) in [5.74, 6) is 0.586. The molecule has 0 spiro atoms. The van der Waals surface area contributed by atoms with Crippen LogP contribution in [0.3, 0.4) is 0 Å². The van der Waals surface area contributed by atoms with Crippen LogP contribution in [0.15, 0.2) is 0 Å². The number of likely N-dealkylation sites (N-methyl/N-ethyl adjacent to an activating group) is 1. The molecule has 1 aliphatic rings. The molecule has 1 saturated carbocycles. The lowest BCUT2D eigenvalue weighted by atomic mass is 9.74. The van der Waals surface area contributed by atoms with Crippen LogP contribution in [0.5, 0.6) is 0 Å². The molecule has 1 rings (SSSR count). The van der Waals surface area contributed by atoms with Gasteiger partial charge in [0.1, 0.15) is 0 Å². The molecule has 3 nitrogen and oxygen atoms in total. The van der Waals surface area contributed by atoms with Gasteiger partial charge < -0.3 is 14.8 Å². The number of methoxy groups -OCH3 is 2. The van der Waals surface area contributed by atoms with Crippen molar-refractivity contribution in [1.29, 1.82) is 0 Å². The molecule has 0 heterocycles. The minimum Gasteiger partial charge on any atom is -0.385 e. The van der Waals surface area contributed by atoms with E-state index < -0.39 is 0 Å². The highest BCUT2D eigenvalue weighted by Crippen LogP contribution is 2.37. The van der Waals surface area contributed by atoms with Gasteiger partial charge >= 0.3 is 0 Å². The van der Waals surface area contributed by atoms with Crippen LogP contribution in [0, 0.1) is 5.92 Å². The second kappa shape index (κ2) is 8.13. The molecule has 0 saturated heterocycles. The monoisotopic (exact) mass is 257 g/mol. The van der Waals surface area contributed by atoms with Crippen LogP contribution < -0.4 is 5.32 Å². The van der Waals surface area contributed by atoms with Gasteiger partial charge in [0, 0.05) is 26.9 Å². The third-order valence-corrected chi connectivity index (χ3v) is 4.44. The average molecular weight is 257 g/mol. The molecule has 18 heavy (non-hydrogen) atoms. The third kappa shape index (κ3) is 3.94. The fraction of sp³-hybridized carbons (Fsp3) is 1.00. The maximum absolute atomic E-state index is 5.99. The molecule has 2 atom stereocenters. The first kappa shape index (κ1) is 15.9. The van der Waals surface area contributed by atoms with Gasteiger partial charge in [0.2, 0.25) is 0 Å².